The maximum atomic E-state index is 12.3. The number of ether oxygens (including phenoxy) is 1. The second-order valence-electron chi connectivity index (χ2n) is 5.75. The Hall–Kier alpha value is -2.48. The van der Waals surface area contributed by atoms with E-state index in [9.17, 15) is 19.7 Å². The Kier molecular flexibility index (Phi) is 5.86. The fourth-order valence-electron chi connectivity index (χ4n) is 2.36. The molecule has 1 fully saturated rings. The molecule has 8 nitrogen and oxygen atoms in total. The molecule has 0 aromatic heterocycles. The molecule has 8 heteroatoms. The van der Waals surface area contributed by atoms with E-state index in [1.807, 2.05) is 0 Å². The van der Waals surface area contributed by atoms with E-state index in [1.54, 1.807) is 24.8 Å². The van der Waals surface area contributed by atoms with Crippen molar-refractivity contribution < 1.29 is 19.2 Å². The lowest BCUT2D eigenvalue weighted by molar-refractivity contribution is -0.384. The molecule has 1 aromatic carbocycles. The summed E-state index contributed by atoms with van der Waals surface area (Å²) in [5.41, 5.74) is 1.06. The summed E-state index contributed by atoms with van der Waals surface area (Å²) in [6.07, 6.45) is 1.89. The third-order valence-corrected chi connectivity index (χ3v) is 3.75. The summed E-state index contributed by atoms with van der Waals surface area (Å²) < 4.78 is 4.92. The molecule has 130 valence electrons. The van der Waals surface area contributed by atoms with Gasteiger partial charge >= 0.3 is 5.97 Å². The molecule has 0 radical (unpaired) electrons. The Morgan fingerprint density at radius 3 is 2.67 bits per heavy atom. The standard InChI is InChI=1S/C16H21N3O5/c1-3-24-16(21)10-18(12-6-7-12)9-15(20)17-14-8-13(19(22)23)5-4-11(14)2/h4-5,8,12H,3,6-7,9-10H2,1-2H3,(H,17,20). The predicted octanol–water partition coefficient (Wildman–Crippen LogP) is 1.87. The van der Waals surface area contributed by atoms with Crippen molar-refractivity contribution in [2.24, 2.45) is 0 Å². The number of nitrogens with one attached hydrogen (secondary N) is 1. The van der Waals surface area contributed by atoms with E-state index in [0.29, 0.717) is 12.3 Å². The number of carbonyl (C=O) groups is 2. The van der Waals surface area contributed by atoms with Crippen LogP contribution in [0.4, 0.5) is 11.4 Å². The fourth-order valence-corrected chi connectivity index (χ4v) is 2.36. The molecule has 1 amide bonds. The van der Waals surface area contributed by atoms with Crippen molar-refractivity contribution in [2.75, 3.05) is 25.0 Å². The highest BCUT2D eigenvalue weighted by Gasteiger charge is 2.32. The number of esters is 1. The van der Waals surface area contributed by atoms with Crippen LogP contribution in [0.15, 0.2) is 18.2 Å². The minimum Gasteiger partial charge on any atom is -0.465 e. The molecule has 0 saturated heterocycles. The number of nitro benzene ring substituents is 1. The maximum Gasteiger partial charge on any atom is 0.320 e. The van der Waals surface area contributed by atoms with E-state index >= 15 is 0 Å². The third-order valence-electron chi connectivity index (χ3n) is 3.75. The summed E-state index contributed by atoms with van der Waals surface area (Å²) in [5, 5.41) is 13.5. The van der Waals surface area contributed by atoms with Crippen LogP contribution in [0.1, 0.15) is 25.3 Å². The molecule has 0 atom stereocenters. The Morgan fingerprint density at radius 1 is 1.38 bits per heavy atom. The first kappa shape index (κ1) is 17.9. The number of rotatable bonds is 8. The number of hydrogen-bond donors (Lipinski definition) is 1. The molecule has 2 rings (SSSR count). The van der Waals surface area contributed by atoms with E-state index in [-0.39, 0.29) is 36.7 Å². The second kappa shape index (κ2) is 7.87. The Balaban J connectivity index is 1.99. The normalized spacial score (nSPS) is 13.6. The first-order chi connectivity index (χ1) is 11.4. The van der Waals surface area contributed by atoms with Crippen molar-refractivity contribution in [3.8, 4) is 0 Å². The molecular formula is C16H21N3O5. The molecule has 1 aliphatic rings. The number of benzene rings is 1. The summed E-state index contributed by atoms with van der Waals surface area (Å²) in [6.45, 7) is 3.91. The first-order valence-corrected chi connectivity index (χ1v) is 7.85. The lowest BCUT2D eigenvalue weighted by atomic mass is 10.2. The lowest BCUT2D eigenvalue weighted by Gasteiger charge is -2.20. The zero-order chi connectivity index (χ0) is 17.7. The molecule has 1 aromatic rings. The molecule has 1 N–H and O–H groups in total. The summed E-state index contributed by atoms with van der Waals surface area (Å²) in [5.74, 6) is -0.668. The summed E-state index contributed by atoms with van der Waals surface area (Å²) in [7, 11) is 0. The van der Waals surface area contributed by atoms with E-state index in [0.717, 1.165) is 18.4 Å². The summed E-state index contributed by atoms with van der Waals surface area (Å²) >= 11 is 0. The predicted molar refractivity (Wildman–Crippen MR) is 87.7 cm³/mol. The molecule has 1 saturated carbocycles. The number of non-ortho nitro benzene ring substituents is 1. The van der Waals surface area contributed by atoms with Gasteiger partial charge < -0.3 is 10.1 Å². The van der Waals surface area contributed by atoms with E-state index in [4.69, 9.17) is 4.74 Å². The van der Waals surface area contributed by atoms with Crippen molar-refractivity contribution in [3.63, 3.8) is 0 Å². The van der Waals surface area contributed by atoms with Crippen molar-refractivity contribution in [1.82, 2.24) is 4.90 Å². The Labute approximate surface area is 139 Å². The van der Waals surface area contributed by atoms with Gasteiger partial charge in [0.05, 0.1) is 30.3 Å². The lowest BCUT2D eigenvalue weighted by Crippen LogP contribution is -2.39. The molecule has 0 aliphatic heterocycles. The summed E-state index contributed by atoms with van der Waals surface area (Å²) in [6, 6.07) is 4.53. The summed E-state index contributed by atoms with van der Waals surface area (Å²) in [4.78, 5) is 36.0. The molecular weight excluding hydrogens is 314 g/mol. The Bertz CT molecular complexity index is 643. The number of nitro groups is 1. The van der Waals surface area contributed by atoms with E-state index < -0.39 is 4.92 Å². The van der Waals surface area contributed by atoms with Gasteiger partial charge in [0.25, 0.3) is 5.69 Å². The van der Waals surface area contributed by atoms with Crippen LogP contribution >= 0.6 is 0 Å². The SMILES string of the molecule is CCOC(=O)CN(CC(=O)Nc1cc([N+](=O)[O-])ccc1C)C1CC1. The van der Waals surface area contributed by atoms with Crippen LogP contribution in [0.5, 0.6) is 0 Å². The Morgan fingerprint density at radius 2 is 2.08 bits per heavy atom. The van der Waals surface area contributed by atoms with Crippen molar-refractivity contribution in [1.29, 1.82) is 0 Å². The van der Waals surface area contributed by atoms with Gasteiger partial charge in [0.1, 0.15) is 0 Å². The number of amides is 1. The van der Waals surface area contributed by atoms with Gasteiger partial charge in [0.15, 0.2) is 0 Å². The monoisotopic (exact) mass is 335 g/mol. The van der Waals surface area contributed by atoms with Crippen LogP contribution < -0.4 is 5.32 Å². The van der Waals surface area contributed by atoms with Crippen molar-refractivity contribution in [3.05, 3.63) is 33.9 Å². The third kappa shape index (κ3) is 5.02. The molecule has 0 unspecified atom stereocenters. The topological polar surface area (TPSA) is 102 Å². The second-order valence-corrected chi connectivity index (χ2v) is 5.75. The van der Waals surface area contributed by atoms with E-state index in [2.05, 4.69) is 5.32 Å². The van der Waals surface area contributed by atoms with Crippen LogP contribution in [-0.2, 0) is 14.3 Å². The zero-order valence-corrected chi connectivity index (χ0v) is 13.8. The number of aryl methyl sites for hydroxylation is 1. The average Bonchev–Trinajstić information content (AvgIpc) is 3.33. The van der Waals surface area contributed by atoms with Gasteiger partial charge in [-0.1, -0.05) is 6.07 Å². The number of nitrogens with zero attached hydrogens (tertiary/aromatic N) is 2. The maximum absolute atomic E-state index is 12.3. The van der Waals surface area contributed by atoms with Crippen LogP contribution in [0.3, 0.4) is 0 Å². The van der Waals surface area contributed by atoms with Gasteiger partial charge in [0.2, 0.25) is 5.91 Å². The number of carbonyl (C=O) groups excluding carboxylic acids is 2. The van der Waals surface area contributed by atoms with Crippen molar-refractivity contribution >= 4 is 23.3 Å². The highest BCUT2D eigenvalue weighted by molar-refractivity contribution is 5.93. The minimum atomic E-state index is -0.508. The van der Waals surface area contributed by atoms with Gasteiger partial charge in [-0.05, 0) is 32.3 Å². The van der Waals surface area contributed by atoms with Gasteiger partial charge in [0, 0.05) is 18.2 Å². The highest BCUT2D eigenvalue weighted by Crippen LogP contribution is 2.27. The van der Waals surface area contributed by atoms with Crippen LogP contribution in [0.2, 0.25) is 0 Å². The average molecular weight is 335 g/mol. The molecule has 0 spiro atoms. The smallest absolute Gasteiger partial charge is 0.320 e. The fraction of sp³-hybridized carbons (Fsp3) is 0.500. The largest absolute Gasteiger partial charge is 0.465 e. The number of hydrogen-bond acceptors (Lipinski definition) is 6. The highest BCUT2D eigenvalue weighted by atomic mass is 16.6. The van der Waals surface area contributed by atoms with Crippen LogP contribution in [0, 0.1) is 17.0 Å². The minimum absolute atomic E-state index is 0.0472. The first-order valence-electron chi connectivity index (χ1n) is 7.85. The zero-order valence-electron chi connectivity index (χ0n) is 13.8. The number of anilines is 1. The van der Waals surface area contributed by atoms with Gasteiger partial charge in [-0.2, -0.15) is 0 Å². The quantitative estimate of drug-likeness (QED) is 0.442. The van der Waals surface area contributed by atoms with Gasteiger partial charge in [-0.15, -0.1) is 0 Å². The van der Waals surface area contributed by atoms with E-state index in [1.165, 1.54) is 12.1 Å². The van der Waals surface area contributed by atoms with Gasteiger partial charge in [-0.3, -0.25) is 24.6 Å². The van der Waals surface area contributed by atoms with Crippen molar-refractivity contribution in [2.45, 2.75) is 32.7 Å². The van der Waals surface area contributed by atoms with Crippen LogP contribution in [-0.4, -0.2) is 47.4 Å². The molecule has 1 aliphatic carbocycles. The van der Waals surface area contributed by atoms with Gasteiger partial charge in [-0.25, -0.2) is 0 Å². The van der Waals surface area contributed by atoms with Crippen LogP contribution in [0.25, 0.3) is 0 Å². The molecule has 0 heterocycles. The molecule has 24 heavy (non-hydrogen) atoms. The molecule has 0 bridgehead atoms.